The molecule has 0 aliphatic carbocycles. The first-order chi connectivity index (χ1) is 9.76. The Labute approximate surface area is 131 Å². The lowest BCUT2D eigenvalue weighted by Gasteiger charge is -2.12. The Morgan fingerprint density at radius 3 is 2.38 bits per heavy atom. The fourth-order valence-corrected chi connectivity index (χ4v) is 1.49. The van der Waals surface area contributed by atoms with Crippen molar-refractivity contribution in [1.82, 2.24) is 10.6 Å². The van der Waals surface area contributed by atoms with Gasteiger partial charge < -0.3 is 15.4 Å². The highest BCUT2D eigenvalue weighted by Gasteiger charge is 2.26. The maximum Gasteiger partial charge on any atom is 0.405 e. The zero-order valence-corrected chi connectivity index (χ0v) is 12.5. The molecule has 2 N–H and O–H groups in total. The molecule has 0 spiro atoms. The SMILES string of the molecule is C=C(Cl)COc1ccc(CNC(=S)NCC(F)(F)F)cc1. The Balaban J connectivity index is 2.35. The molecule has 0 aromatic heterocycles. The van der Waals surface area contributed by atoms with Crippen molar-refractivity contribution in [3.05, 3.63) is 41.4 Å². The van der Waals surface area contributed by atoms with Gasteiger partial charge in [-0.25, -0.2) is 0 Å². The van der Waals surface area contributed by atoms with E-state index >= 15 is 0 Å². The third kappa shape index (κ3) is 8.41. The predicted octanol–water partition coefficient (Wildman–Crippen LogP) is 3.34. The Morgan fingerprint density at radius 1 is 1.24 bits per heavy atom. The van der Waals surface area contributed by atoms with Crippen molar-refractivity contribution in [1.29, 1.82) is 0 Å². The van der Waals surface area contributed by atoms with Crippen LogP contribution in [0.15, 0.2) is 35.9 Å². The maximum absolute atomic E-state index is 12.0. The highest BCUT2D eigenvalue weighted by Crippen LogP contribution is 2.14. The molecule has 3 nitrogen and oxygen atoms in total. The zero-order chi connectivity index (χ0) is 15.9. The normalized spacial score (nSPS) is 10.9. The van der Waals surface area contributed by atoms with Crippen molar-refractivity contribution in [2.45, 2.75) is 12.7 Å². The molecule has 0 aliphatic heterocycles. The van der Waals surface area contributed by atoms with Crippen molar-refractivity contribution in [3.8, 4) is 5.75 Å². The van der Waals surface area contributed by atoms with Gasteiger partial charge in [0.1, 0.15) is 18.9 Å². The van der Waals surface area contributed by atoms with Crippen molar-refractivity contribution in [2.75, 3.05) is 13.2 Å². The molecule has 21 heavy (non-hydrogen) atoms. The van der Waals surface area contributed by atoms with E-state index in [9.17, 15) is 13.2 Å². The van der Waals surface area contributed by atoms with Gasteiger partial charge in [-0.15, -0.1) is 0 Å². The van der Waals surface area contributed by atoms with Crippen LogP contribution >= 0.6 is 23.8 Å². The van der Waals surface area contributed by atoms with Gasteiger partial charge in [-0.3, -0.25) is 0 Å². The second-order valence-electron chi connectivity index (χ2n) is 4.10. The molecule has 0 atom stereocenters. The Bertz CT molecular complexity index is 491. The minimum absolute atomic E-state index is 0.0499. The number of benzene rings is 1. The quantitative estimate of drug-likeness (QED) is 0.779. The largest absolute Gasteiger partial charge is 0.488 e. The topological polar surface area (TPSA) is 33.3 Å². The van der Waals surface area contributed by atoms with Gasteiger partial charge in [0, 0.05) is 11.6 Å². The summed E-state index contributed by atoms with van der Waals surface area (Å²) in [5.41, 5.74) is 0.850. The van der Waals surface area contributed by atoms with Crippen LogP contribution in [-0.2, 0) is 6.54 Å². The van der Waals surface area contributed by atoms with Crippen LogP contribution in [-0.4, -0.2) is 24.4 Å². The second kappa shape index (κ2) is 8.09. The molecule has 0 heterocycles. The third-order valence-corrected chi connectivity index (χ3v) is 2.62. The molecule has 1 aromatic carbocycles. The van der Waals surface area contributed by atoms with E-state index in [-0.39, 0.29) is 11.7 Å². The van der Waals surface area contributed by atoms with Crippen LogP contribution in [0.2, 0.25) is 0 Å². The van der Waals surface area contributed by atoms with Gasteiger partial charge in [0.25, 0.3) is 0 Å². The molecule has 0 fully saturated rings. The van der Waals surface area contributed by atoms with Crippen molar-refractivity contribution >= 4 is 28.9 Å². The second-order valence-corrected chi connectivity index (χ2v) is 5.04. The summed E-state index contributed by atoms with van der Waals surface area (Å²) in [5, 5.41) is 5.11. The number of halogens is 4. The summed E-state index contributed by atoms with van der Waals surface area (Å²) in [4.78, 5) is 0. The van der Waals surface area contributed by atoms with Gasteiger partial charge in [0.15, 0.2) is 5.11 Å². The summed E-state index contributed by atoms with van der Waals surface area (Å²) in [5.74, 6) is 0.623. The van der Waals surface area contributed by atoms with Gasteiger partial charge in [-0.2, -0.15) is 13.2 Å². The van der Waals surface area contributed by atoms with Crippen LogP contribution < -0.4 is 15.4 Å². The van der Waals surface area contributed by atoms with Crippen LogP contribution in [0.3, 0.4) is 0 Å². The highest BCUT2D eigenvalue weighted by atomic mass is 35.5. The van der Waals surface area contributed by atoms with E-state index in [2.05, 4.69) is 17.2 Å². The maximum atomic E-state index is 12.0. The first-order valence-electron chi connectivity index (χ1n) is 5.90. The molecule has 0 radical (unpaired) electrons. The van der Waals surface area contributed by atoms with Gasteiger partial charge >= 0.3 is 6.18 Å². The summed E-state index contributed by atoms with van der Waals surface area (Å²) in [7, 11) is 0. The van der Waals surface area contributed by atoms with Crippen molar-refractivity contribution in [2.24, 2.45) is 0 Å². The van der Waals surface area contributed by atoms with Gasteiger partial charge in [0.05, 0.1) is 0 Å². The fourth-order valence-electron chi connectivity index (χ4n) is 1.29. The van der Waals surface area contributed by atoms with E-state index in [0.29, 0.717) is 17.3 Å². The van der Waals surface area contributed by atoms with E-state index in [1.54, 1.807) is 24.3 Å². The highest BCUT2D eigenvalue weighted by molar-refractivity contribution is 7.80. The number of nitrogens with one attached hydrogen (secondary N) is 2. The molecule has 0 saturated heterocycles. The van der Waals surface area contributed by atoms with Crippen molar-refractivity contribution < 1.29 is 17.9 Å². The standard InChI is InChI=1S/C13H14ClF3N2OS/c1-9(14)7-20-11-4-2-10(3-5-11)6-18-12(21)19-8-13(15,16)17/h2-5H,1,6-8H2,(H2,18,19,21). The van der Waals surface area contributed by atoms with Crippen LogP contribution in [0.5, 0.6) is 5.75 Å². The number of hydrogen-bond donors (Lipinski definition) is 2. The van der Waals surface area contributed by atoms with E-state index in [1.165, 1.54) is 0 Å². The minimum Gasteiger partial charge on any atom is -0.488 e. The van der Waals surface area contributed by atoms with Gasteiger partial charge in [0.2, 0.25) is 0 Å². The summed E-state index contributed by atoms with van der Waals surface area (Å²) >= 11 is 10.3. The molecular weight excluding hydrogens is 325 g/mol. The molecule has 0 amide bonds. The molecule has 1 rings (SSSR count). The van der Waals surface area contributed by atoms with Crippen LogP contribution in [0.4, 0.5) is 13.2 Å². The monoisotopic (exact) mass is 338 g/mol. The lowest BCUT2D eigenvalue weighted by molar-refractivity contribution is -0.122. The summed E-state index contributed by atoms with van der Waals surface area (Å²) in [6.07, 6.45) is -4.29. The number of rotatable bonds is 6. The van der Waals surface area contributed by atoms with Crippen LogP contribution in [0.1, 0.15) is 5.56 Å². The summed E-state index contributed by atoms with van der Waals surface area (Å²) in [6.45, 7) is 2.87. The first kappa shape index (κ1) is 17.6. The Kier molecular flexibility index (Phi) is 6.77. The zero-order valence-electron chi connectivity index (χ0n) is 11.0. The average molecular weight is 339 g/mol. The third-order valence-electron chi connectivity index (χ3n) is 2.22. The van der Waals surface area contributed by atoms with E-state index in [0.717, 1.165) is 5.56 Å². The number of hydrogen-bond acceptors (Lipinski definition) is 2. The van der Waals surface area contributed by atoms with Crippen LogP contribution in [0, 0.1) is 0 Å². The van der Waals surface area contributed by atoms with E-state index in [4.69, 9.17) is 28.6 Å². The summed E-state index contributed by atoms with van der Waals surface area (Å²) in [6, 6.07) is 6.99. The molecule has 0 aliphatic rings. The molecular formula is C13H14ClF3N2OS. The Morgan fingerprint density at radius 2 is 1.86 bits per heavy atom. The predicted molar refractivity (Wildman–Crippen MR) is 80.4 cm³/mol. The number of alkyl halides is 3. The lowest BCUT2D eigenvalue weighted by Crippen LogP contribution is -2.40. The average Bonchev–Trinajstić information content (AvgIpc) is 2.41. The summed E-state index contributed by atoms with van der Waals surface area (Å²) < 4.78 is 41.2. The molecule has 0 unspecified atom stereocenters. The first-order valence-corrected chi connectivity index (χ1v) is 6.68. The fraction of sp³-hybridized carbons (Fsp3) is 0.308. The Hall–Kier alpha value is -1.47. The molecule has 8 heteroatoms. The van der Waals surface area contributed by atoms with Crippen molar-refractivity contribution in [3.63, 3.8) is 0 Å². The molecule has 0 bridgehead atoms. The smallest absolute Gasteiger partial charge is 0.405 e. The van der Waals surface area contributed by atoms with E-state index in [1.807, 2.05) is 0 Å². The van der Waals surface area contributed by atoms with Crippen LogP contribution in [0.25, 0.3) is 0 Å². The molecule has 0 saturated carbocycles. The molecule has 116 valence electrons. The van der Waals surface area contributed by atoms with Gasteiger partial charge in [-0.05, 0) is 29.9 Å². The number of ether oxygens (including phenoxy) is 1. The lowest BCUT2D eigenvalue weighted by atomic mass is 10.2. The number of thiocarbonyl (C=S) groups is 1. The van der Waals surface area contributed by atoms with Gasteiger partial charge in [-0.1, -0.05) is 30.3 Å². The molecule has 1 aromatic rings. The van der Waals surface area contributed by atoms with E-state index < -0.39 is 12.7 Å². The minimum atomic E-state index is -4.29.